The van der Waals surface area contributed by atoms with Crippen LogP contribution in [0.25, 0.3) is 20.9 Å². The van der Waals surface area contributed by atoms with Gasteiger partial charge in [-0.3, -0.25) is 0 Å². The van der Waals surface area contributed by atoms with Crippen molar-refractivity contribution in [3.63, 3.8) is 0 Å². The fraction of sp³-hybridized carbons (Fsp3) is 0.0714. The standard InChI is InChI=1S/C14H11ClN4S/c15-8-12(16)18-10-4-1-3-9(7-10)13-19-11-5-2-6-17-14(11)20-13/h1-7H,8H2,(H2,16,18). The van der Waals surface area contributed by atoms with Gasteiger partial charge in [-0.2, -0.15) is 0 Å². The second-order valence-electron chi connectivity index (χ2n) is 4.13. The van der Waals surface area contributed by atoms with Crippen molar-refractivity contribution >= 4 is 44.8 Å². The summed E-state index contributed by atoms with van der Waals surface area (Å²) in [5, 5.41) is 0.917. The highest BCUT2D eigenvalue weighted by atomic mass is 35.5. The molecule has 0 saturated carbocycles. The first kappa shape index (κ1) is 13.0. The lowest BCUT2D eigenvalue weighted by Crippen LogP contribution is -2.12. The van der Waals surface area contributed by atoms with E-state index in [1.165, 1.54) is 0 Å². The van der Waals surface area contributed by atoms with E-state index in [9.17, 15) is 0 Å². The summed E-state index contributed by atoms with van der Waals surface area (Å²) < 4.78 is 0. The molecule has 3 aromatic rings. The zero-order chi connectivity index (χ0) is 13.9. The quantitative estimate of drug-likeness (QED) is 0.457. The molecule has 0 fully saturated rings. The molecule has 0 amide bonds. The Morgan fingerprint density at radius 2 is 2.20 bits per heavy atom. The predicted octanol–water partition coefficient (Wildman–Crippen LogP) is 3.59. The number of nitrogens with two attached hydrogens (primary N) is 1. The molecule has 0 unspecified atom stereocenters. The molecule has 2 heterocycles. The van der Waals surface area contributed by atoms with Crippen LogP contribution in [-0.2, 0) is 0 Å². The minimum atomic E-state index is 0.218. The van der Waals surface area contributed by atoms with Crippen LogP contribution in [0.3, 0.4) is 0 Å². The highest BCUT2D eigenvalue weighted by Crippen LogP contribution is 2.30. The predicted molar refractivity (Wildman–Crippen MR) is 84.9 cm³/mol. The van der Waals surface area contributed by atoms with Crippen molar-refractivity contribution < 1.29 is 0 Å². The van der Waals surface area contributed by atoms with E-state index in [4.69, 9.17) is 17.3 Å². The molecule has 2 N–H and O–H groups in total. The zero-order valence-electron chi connectivity index (χ0n) is 10.5. The molecule has 100 valence electrons. The van der Waals surface area contributed by atoms with E-state index < -0.39 is 0 Å². The van der Waals surface area contributed by atoms with Crippen molar-refractivity contribution in [1.82, 2.24) is 9.97 Å². The van der Waals surface area contributed by atoms with Gasteiger partial charge in [0.25, 0.3) is 0 Å². The van der Waals surface area contributed by atoms with E-state index in [0.717, 1.165) is 26.6 Å². The summed E-state index contributed by atoms with van der Waals surface area (Å²) >= 11 is 7.19. The van der Waals surface area contributed by atoms with Crippen LogP contribution in [0, 0.1) is 0 Å². The number of thiazole rings is 1. The third kappa shape index (κ3) is 2.64. The molecule has 0 bridgehead atoms. The van der Waals surface area contributed by atoms with Gasteiger partial charge >= 0.3 is 0 Å². The molecule has 2 aromatic heterocycles. The first-order valence-electron chi connectivity index (χ1n) is 5.97. The van der Waals surface area contributed by atoms with Crippen molar-refractivity contribution in [2.24, 2.45) is 10.7 Å². The van der Waals surface area contributed by atoms with Crippen molar-refractivity contribution in [2.45, 2.75) is 0 Å². The van der Waals surface area contributed by atoms with E-state index in [0.29, 0.717) is 5.84 Å². The molecule has 0 saturated heterocycles. The molecule has 4 nitrogen and oxygen atoms in total. The Labute approximate surface area is 125 Å². The van der Waals surface area contributed by atoms with Crippen LogP contribution >= 0.6 is 22.9 Å². The summed E-state index contributed by atoms with van der Waals surface area (Å²) in [7, 11) is 0. The van der Waals surface area contributed by atoms with Crippen molar-refractivity contribution in [3.8, 4) is 10.6 Å². The number of hydrogen-bond donors (Lipinski definition) is 1. The Balaban J connectivity index is 2.03. The number of aromatic nitrogens is 2. The van der Waals surface area contributed by atoms with Gasteiger partial charge in [0.1, 0.15) is 21.2 Å². The van der Waals surface area contributed by atoms with Crippen LogP contribution in [0.5, 0.6) is 0 Å². The Bertz CT molecular complexity index is 748. The maximum Gasteiger partial charge on any atom is 0.143 e. The van der Waals surface area contributed by atoms with E-state index >= 15 is 0 Å². The maximum absolute atomic E-state index is 5.65. The van der Waals surface area contributed by atoms with E-state index in [-0.39, 0.29) is 5.88 Å². The van der Waals surface area contributed by atoms with E-state index in [2.05, 4.69) is 15.0 Å². The van der Waals surface area contributed by atoms with Crippen LogP contribution in [0.2, 0.25) is 0 Å². The van der Waals surface area contributed by atoms with Gasteiger partial charge in [0.15, 0.2) is 0 Å². The number of rotatable bonds is 3. The molecule has 0 radical (unpaired) electrons. The molecule has 0 aliphatic carbocycles. The van der Waals surface area contributed by atoms with Crippen LogP contribution in [-0.4, -0.2) is 21.7 Å². The smallest absolute Gasteiger partial charge is 0.143 e. The van der Waals surface area contributed by atoms with Crippen LogP contribution in [0.15, 0.2) is 47.6 Å². The lowest BCUT2D eigenvalue weighted by Gasteiger charge is -1.99. The Kier molecular flexibility index (Phi) is 3.62. The van der Waals surface area contributed by atoms with Gasteiger partial charge in [-0.25, -0.2) is 15.0 Å². The normalized spacial score (nSPS) is 11.9. The maximum atomic E-state index is 5.65. The molecule has 3 rings (SSSR count). The number of alkyl halides is 1. The van der Waals surface area contributed by atoms with Crippen molar-refractivity contribution in [1.29, 1.82) is 0 Å². The SMILES string of the molecule is NC(CCl)=Nc1cccc(-c2nc3cccnc3s2)c1. The van der Waals surface area contributed by atoms with Crippen LogP contribution in [0.1, 0.15) is 0 Å². The number of benzene rings is 1. The molecular formula is C14H11ClN4S. The number of pyridine rings is 1. The number of aliphatic imine (C=N–C) groups is 1. The Morgan fingerprint density at radius 3 is 3.00 bits per heavy atom. The number of halogens is 1. The van der Waals surface area contributed by atoms with Gasteiger partial charge < -0.3 is 5.73 Å². The third-order valence-electron chi connectivity index (χ3n) is 2.67. The second-order valence-corrected chi connectivity index (χ2v) is 5.38. The first-order chi connectivity index (χ1) is 9.76. The first-order valence-corrected chi connectivity index (χ1v) is 7.32. The monoisotopic (exact) mass is 302 g/mol. The van der Waals surface area contributed by atoms with Gasteiger partial charge in [0.05, 0.1) is 11.6 Å². The van der Waals surface area contributed by atoms with Gasteiger partial charge in [0.2, 0.25) is 0 Å². The molecule has 1 aromatic carbocycles. The highest BCUT2D eigenvalue weighted by molar-refractivity contribution is 7.21. The molecule has 0 aliphatic rings. The fourth-order valence-corrected chi connectivity index (χ4v) is 2.76. The average Bonchev–Trinajstić information content (AvgIpc) is 2.91. The fourth-order valence-electron chi connectivity index (χ4n) is 1.80. The molecule has 0 atom stereocenters. The highest BCUT2D eigenvalue weighted by Gasteiger charge is 2.07. The minimum Gasteiger partial charge on any atom is -0.386 e. The number of fused-ring (bicyclic) bond motifs is 1. The number of hydrogen-bond acceptors (Lipinski definition) is 4. The largest absolute Gasteiger partial charge is 0.386 e. The van der Waals surface area contributed by atoms with Crippen molar-refractivity contribution in [3.05, 3.63) is 42.6 Å². The summed E-state index contributed by atoms with van der Waals surface area (Å²) in [6, 6.07) is 11.6. The number of amidine groups is 1. The minimum absolute atomic E-state index is 0.218. The van der Waals surface area contributed by atoms with Crippen LogP contribution in [0.4, 0.5) is 5.69 Å². The Morgan fingerprint density at radius 1 is 1.30 bits per heavy atom. The topological polar surface area (TPSA) is 64.2 Å². The summed E-state index contributed by atoms with van der Waals surface area (Å²) in [5.74, 6) is 0.615. The second kappa shape index (κ2) is 5.56. The van der Waals surface area contributed by atoms with E-state index in [1.54, 1.807) is 17.5 Å². The third-order valence-corrected chi connectivity index (χ3v) is 3.97. The van der Waals surface area contributed by atoms with Gasteiger partial charge in [0, 0.05) is 11.8 Å². The average molecular weight is 303 g/mol. The zero-order valence-corrected chi connectivity index (χ0v) is 12.0. The molecule has 6 heteroatoms. The lowest BCUT2D eigenvalue weighted by atomic mass is 10.2. The van der Waals surface area contributed by atoms with Gasteiger partial charge in [-0.05, 0) is 24.3 Å². The Hall–Kier alpha value is -1.98. The van der Waals surface area contributed by atoms with Gasteiger partial charge in [-0.1, -0.05) is 23.5 Å². The van der Waals surface area contributed by atoms with E-state index in [1.807, 2.05) is 36.4 Å². The molecule has 0 spiro atoms. The lowest BCUT2D eigenvalue weighted by molar-refractivity contribution is 1.40. The van der Waals surface area contributed by atoms with Crippen molar-refractivity contribution in [2.75, 3.05) is 5.88 Å². The molecule has 20 heavy (non-hydrogen) atoms. The summed E-state index contributed by atoms with van der Waals surface area (Å²) in [6.07, 6.45) is 1.77. The summed E-state index contributed by atoms with van der Waals surface area (Å²) in [5.41, 5.74) is 8.32. The molecule has 0 aliphatic heterocycles. The summed E-state index contributed by atoms with van der Waals surface area (Å²) in [6.45, 7) is 0. The number of nitrogens with zero attached hydrogens (tertiary/aromatic N) is 3. The molecular weight excluding hydrogens is 292 g/mol. The van der Waals surface area contributed by atoms with Gasteiger partial charge in [-0.15, -0.1) is 11.6 Å². The van der Waals surface area contributed by atoms with Crippen LogP contribution < -0.4 is 5.73 Å². The summed E-state index contributed by atoms with van der Waals surface area (Å²) in [4.78, 5) is 14.0.